The molecule has 0 aliphatic carbocycles. The molecule has 1 atom stereocenters. The van der Waals surface area contributed by atoms with Crippen molar-refractivity contribution in [2.75, 3.05) is 23.8 Å². The van der Waals surface area contributed by atoms with E-state index in [0.29, 0.717) is 41.2 Å². The SMILES string of the molecule is CCCN1C(=O)N[C@@H](c2cccc(NC(=O)Nc3ccc([N+](=O)[O-])cc3)c2)C(C(=O)OCC(C)C)=C1C. The molecule has 37 heavy (non-hydrogen) atoms. The van der Waals surface area contributed by atoms with Crippen molar-refractivity contribution in [3.8, 4) is 0 Å². The number of nitrogens with one attached hydrogen (secondary N) is 3. The van der Waals surface area contributed by atoms with E-state index < -0.39 is 23.0 Å². The van der Waals surface area contributed by atoms with Crippen molar-refractivity contribution >= 4 is 35.1 Å². The first-order valence-corrected chi connectivity index (χ1v) is 12.0. The Morgan fingerprint density at radius 2 is 1.81 bits per heavy atom. The van der Waals surface area contributed by atoms with Gasteiger partial charge in [-0.3, -0.25) is 15.0 Å². The molecule has 1 heterocycles. The predicted molar refractivity (Wildman–Crippen MR) is 139 cm³/mol. The highest BCUT2D eigenvalue weighted by atomic mass is 16.6. The average Bonchev–Trinajstić information content (AvgIpc) is 2.85. The van der Waals surface area contributed by atoms with Gasteiger partial charge in [0.25, 0.3) is 5.69 Å². The maximum atomic E-state index is 13.1. The molecule has 4 amide bonds. The zero-order valence-electron chi connectivity index (χ0n) is 21.2. The van der Waals surface area contributed by atoms with Crippen molar-refractivity contribution in [2.45, 2.75) is 40.2 Å². The van der Waals surface area contributed by atoms with E-state index in [2.05, 4.69) is 16.0 Å². The first-order chi connectivity index (χ1) is 17.6. The fraction of sp³-hybridized carbons (Fsp3) is 0.346. The average molecular weight is 510 g/mol. The third-order valence-electron chi connectivity index (χ3n) is 5.63. The lowest BCUT2D eigenvalue weighted by Gasteiger charge is -2.35. The van der Waals surface area contributed by atoms with Crippen LogP contribution in [0.1, 0.15) is 45.7 Å². The van der Waals surface area contributed by atoms with Gasteiger partial charge in [0.2, 0.25) is 0 Å². The van der Waals surface area contributed by atoms with Crippen molar-refractivity contribution in [1.82, 2.24) is 10.2 Å². The highest BCUT2D eigenvalue weighted by molar-refractivity contribution is 6.00. The number of hydrogen-bond donors (Lipinski definition) is 3. The van der Waals surface area contributed by atoms with Gasteiger partial charge in [0.1, 0.15) is 0 Å². The summed E-state index contributed by atoms with van der Waals surface area (Å²) in [6.07, 6.45) is 0.715. The minimum Gasteiger partial charge on any atom is -0.462 e. The zero-order chi connectivity index (χ0) is 27.1. The van der Waals surface area contributed by atoms with Crippen LogP contribution in [0.4, 0.5) is 26.7 Å². The molecule has 0 aromatic heterocycles. The molecule has 0 fully saturated rings. The molecule has 1 aliphatic heterocycles. The highest BCUT2D eigenvalue weighted by Crippen LogP contribution is 2.32. The molecule has 0 radical (unpaired) electrons. The molecular weight excluding hydrogens is 478 g/mol. The number of allylic oxidation sites excluding steroid dienone is 1. The van der Waals surface area contributed by atoms with E-state index in [-0.39, 0.29) is 24.2 Å². The maximum absolute atomic E-state index is 13.1. The second-order valence-corrected chi connectivity index (χ2v) is 9.03. The Kier molecular flexibility index (Phi) is 8.83. The minimum atomic E-state index is -0.764. The normalized spacial score (nSPS) is 15.3. The molecule has 3 rings (SSSR count). The fourth-order valence-corrected chi connectivity index (χ4v) is 3.86. The van der Waals surface area contributed by atoms with Crippen LogP contribution in [0, 0.1) is 16.0 Å². The van der Waals surface area contributed by atoms with Gasteiger partial charge in [-0.05, 0) is 49.1 Å². The van der Waals surface area contributed by atoms with Crippen molar-refractivity contribution in [3.63, 3.8) is 0 Å². The minimum absolute atomic E-state index is 0.0863. The summed E-state index contributed by atoms with van der Waals surface area (Å²) in [7, 11) is 0. The lowest BCUT2D eigenvalue weighted by molar-refractivity contribution is -0.384. The number of non-ortho nitro benzene ring substituents is 1. The van der Waals surface area contributed by atoms with Crippen LogP contribution in [-0.4, -0.2) is 41.0 Å². The number of nitrogens with zero attached hydrogens (tertiary/aromatic N) is 2. The van der Waals surface area contributed by atoms with E-state index in [9.17, 15) is 24.5 Å². The van der Waals surface area contributed by atoms with Gasteiger partial charge in [-0.15, -0.1) is 0 Å². The van der Waals surface area contributed by atoms with Crippen molar-refractivity contribution in [3.05, 3.63) is 75.5 Å². The van der Waals surface area contributed by atoms with Gasteiger partial charge in [-0.1, -0.05) is 32.9 Å². The largest absolute Gasteiger partial charge is 0.462 e. The number of nitro benzene ring substituents is 1. The van der Waals surface area contributed by atoms with Crippen molar-refractivity contribution in [1.29, 1.82) is 0 Å². The summed E-state index contributed by atoms with van der Waals surface area (Å²) in [5.41, 5.74) is 2.17. The summed E-state index contributed by atoms with van der Waals surface area (Å²) in [6.45, 7) is 8.25. The first kappa shape index (κ1) is 27.2. The molecule has 0 spiro atoms. The molecule has 196 valence electrons. The molecule has 0 saturated heterocycles. The third-order valence-corrected chi connectivity index (χ3v) is 5.63. The van der Waals surface area contributed by atoms with E-state index in [1.807, 2.05) is 20.8 Å². The van der Waals surface area contributed by atoms with Crippen LogP contribution >= 0.6 is 0 Å². The van der Waals surface area contributed by atoms with E-state index in [0.717, 1.165) is 0 Å². The van der Waals surface area contributed by atoms with Gasteiger partial charge in [0, 0.05) is 35.7 Å². The molecule has 11 heteroatoms. The molecule has 2 aromatic rings. The Labute approximate surface area is 215 Å². The van der Waals surface area contributed by atoms with E-state index >= 15 is 0 Å². The number of carbonyl (C=O) groups excluding carboxylic acids is 3. The van der Waals surface area contributed by atoms with Crippen molar-refractivity contribution in [2.24, 2.45) is 5.92 Å². The van der Waals surface area contributed by atoms with Gasteiger partial charge in [0.05, 0.1) is 23.1 Å². The van der Waals surface area contributed by atoms with Crippen LogP contribution in [0.25, 0.3) is 0 Å². The number of hydrogen-bond acceptors (Lipinski definition) is 6. The van der Waals surface area contributed by atoms with Crippen LogP contribution in [0.5, 0.6) is 0 Å². The molecule has 1 aliphatic rings. The standard InChI is InChI=1S/C26H31N5O6/c1-5-13-30-17(4)22(24(32)37-15-16(2)3)23(29-26(30)34)18-7-6-8-20(14-18)28-25(33)27-19-9-11-21(12-10-19)31(35)36/h6-12,14,16,23H,5,13,15H2,1-4H3,(H,29,34)(H2,27,28,33)/t23-/m0/s1. The van der Waals surface area contributed by atoms with Crippen LogP contribution in [0.2, 0.25) is 0 Å². The number of nitro groups is 1. The van der Waals surface area contributed by atoms with E-state index in [4.69, 9.17) is 4.74 Å². The lowest BCUT2D eigenvalue weighted by Crippen LogP contribution is -2.48. The smallest absolute Gasteiger partial charge is 0.338 e. The summed E-state index contributed by atoms with van der Waals surface area (Å²) in [4.78, 5) is 50.3. The van der Waals surface area contributed by atoms with Gasteiger partial charge in [0.15, 0.2) is 0 Å². The number of urea groups is 2. The van der Waals surface area contributed by atoms with Crippen LogP contribution in [0.3, 0.4) is 0 Å². The number of carbonyl (C=O) groups is 3. The van der Waals surface area contributed by atoms with E-state index in [1.54, 1.807) is 31.2 Å². The highest BCUT2D eigenvalue weighted by Gasteiger charge is 2.36. The number of esters is 1. The van der Waals surface area contributed by atoms with Gasteiger partial charge < -0.3 is 20.7 Å². The van der Waals surface area contributed by atoms with Gasteiger partial charge in [-0.2, -0.15) is 0 Å². The zero-order valence-corrected chi connectivity index (χ0v) is 21.2. The molecular formula is C26H31N5O6. The second-order valence-electron chi connectivity index (χ2n) is 9.03. The quantitative estimate of drug-likeness (QED) is 0.241. The lowest BCUT2D eigenvalue weighted by atomic mass is 9.94. The number of ether oxygens (including phenoxy) is 1. The topological polar surface area (TPSA) is 143 Å². The van der Waals surface area contributed by atoms with Crippen molar-refractivity contribution < 1.29 is 24.0 Å². The maximum Gasteiger partial charge on any atom is 0.338 e. The monoisotopic (exact) mass is 509 g/mol. The molecule has 0 saturated carbocycles. The number of anilines is 2. The number of rotatable bonds is 9. The molecule has 3 N–H and O–H groups in total. The van der Waals surface area contributed by atoms with Gasteiger partial charge in [-0.25, -0.2) is 14.4 Å². The molecule has 0 bridgehead atoms. The summed E-state index contributed by atoms with van der Waals surface area (Å²) in [5.74, 6) is -0.360. The van der Waals surface area contributed by atoms with E-state index in [1.165, 1.54) is 29.2 Å². The summed E-state index contributed by atoms with van der Waals surface area (Å²) in [6, 6.07) is 10.6. The third kappa shape index (κ3) is 6.84. The first-order valence-electron chi connectivity index (χ1n) is 12.0. The van der Waals surface area contributed by atoms with Crippen LogP contribution < -0.4 is 16.0 Å². The van der Waals surface area contributed by atoms with Crippen LogP contribution in [-0.2, 0) is 9.53 Å². The molecule has 0 unspecified atom stereocenters. The number of amides is 4. The van der Waals surface area contributed by atoms with Crippen LogP contribution in [0.15, 0.2) is 59.8 Å². The second kappa shape index (κ2) is 12.0. The Morgan fingerprint density at radius 1 is 1.14 bits per heavy atom. The summed E-state index contributed by atoms with van der Waals surface area (Å²) in [5, 5.41) is 19.0. The molecule has 2 aromatic carbocycles. The predicted octanol–water partition coefficient (Wildman–Crippen LogP) is 5.19. The number of benzene rings is 2. The Balaban J connectivity index is 1.83. The Bertz CT molecular complexity index is 1210. The summed E-state index contributed by atoms with van der Waals surface area (Å²) < 4.78 is 5.51. The Hall–Kier alpha value is -4.41. The summed E-state index contributed by atoms with van der Waals surface area (Å²) >= 11 is 0. The fourth-order valence-electron chi connectivity index (χ4n) is 3.86. The Morgan fingerprint density at radius 3 is 2.43 bits per heavy atom. The van der Waals surface area contributed by atoms with Gasteiger partial charge >= 0.3 is 18.0 Å². The molecule has 11 nitrogen and oxygen atoms in total.